The van der Waals surface area contributed by atoms with E-state index in [9.17, 15) is 17.6 Å². The second-order valence-corrected chi connectivity index (χ2v) is 10.2. The van der Waals surface area contributed by atoms with E-state index in [1.54, 1.807) is 23.1 Å². The zero-order valence-corrected chi connectivity index (χ0v) is 20.0. The second kappa shape index (κ2) is 10.5. The van der Waals surface area contributed by atoms with Gasteiger partial charge in [0.05, 0.1) is 10.6 Å². The maximum Gasteiger partial charge on any atom is 0.241 e. The molecule has 3 aromatic carbocycles. The highest BCUT2D eigenvalue weighted by atomic mass is 35.5. The Balaban J connectivity index is 1.51. The Morgan fingerprint density at radius 1 is 0.912 bits per heavy atom. The molecule has 0 spiro atoms. The van der Waals surface area contributed by atoms with E-state index in [-0.39, 0.29) is 23.0 Å². The number of para-hydroxylation sites is 1. The fourth-order valence-corrected chi connectivity index (χ4v) is 5.31. The highest BCUT2D eigenvalue weighted by molar-refractivity contribution is 7.89. The van der Waals surface area contributed by atoms with Crippen molar-refractivity contribution in [1.29, 1.82) is 0 Å². The van der Waals surface area contributed by atoms with Gasteiger partial charge in [0.15, 0.2) is 0 Å². The molecule has 0 unspecified atom stereocenters. The molecule has 1 amide bonds. The van der Waals surface area contributed by atoms with Crippen molar-refractivity contribution in [2.75, 3.05) is 31.1 Å². The first-order chi connectivity index (χ1) is 16.3. The maximum absolute atomic E-state index is 14.2. The molecule has 6 nitrogen and oxygen atoms in total. The fourth-order valence-electron chi connectivity index (χ4n) is 3.99. The molecule has 1 atom stereocenters. The molecule has 1 aliphatic rings. The van der Waals surface area contributed by atoms with Gasteiger partial charge in [-0.05, 0) is 48.4 Å². The highest BCUT2D eigenvalue weighted by Crippen LogP contribution is 2.21. The van der Waals surface area contributed by atoms with Crippen LogP contribution in [0.4, 0.5) is 10.1 Å². The molecular formula is C25H25ClFN3O3S. The summed E-state index contributed by atoms with van der Waals surface area (Å²) in [5, 5.41) is 0.420. The van der Waals surface area contributed by atoms with Crippen LogP contribution in [0.3, 0.4) is 0 Å². The molecule has 0 saturated carbocycles. The van der Waals surface area contributed by atoms with Gasteiger partial charge in [0.2, 0.25) is 15.9 Å². The van der Waals surface area contributed by atoms with Crippen molar-refractivity contribution in [3.63, 3.8) is 0 Å². The predicted molar refractivity (Wildman–Crippen MR) is 131 cm³/mol. The number of nitrogens with zero attached hydrogens (tertiary/aromatic N) is 2. The number of piperazine rings is 1. The first kappa shape index (κ1) is 24.2. The van der Waals surface area contributed by atoms with Crippen molar-refractivity contribution in [1.82, 2.24) is 9.62 Å². The SMILES string of the molecule is O=C([C@H](Cc1ccccc1)NS(=O)(=O)c1ccc(Cl)cc1)N1CCN(c2ccccc2F)CC1. The van der Waals surface area contributed by atoms with E-state index in [0.29, 0.717) is 36.9 Å². The summed E-state index contributed by atoms with van der Waals surface area (Å²) in [5.74, 6) is -0.616. The van der Waals surface area contributed by atoms with Gasteiger partial charge >= 0.3 is 0 Å². The zero-order valence-electron chi connectivity index (χ0n) is 18.4. The quantitative estimate of drug-likeness (QED) is 0.536. The van der Waals surface area contributed by atoms with E-state index in [1.165, 1.54) is 30.3 Å². The molecule has 3 aromatic rings. The number of sulfonamides is 1. The molecule has 0 bridgehead atoms. The third kappa shape index (κ3) is 5.75. The number of benzene rings is 3. The van der Waals surface area contributed by atoms with Crippen molar-refractivity contribution in [3.8, 4) is 0 Å². The molecule has 178 valence electrons. The Morgan fingerprint density at radius 2 is 1.53 bits per heavy atom. The van der Waals surface area contributed by atoms with Gasteiger partial charge in [-0.3, -0.25) is 4.79 Å². The van der Waals surface area contributed by atoms with Gasteiger partial charge in [0.25, 0.3) is 0 Å². The average molecular weight is 502 g/mol. The number of halogens is 2. The lowest BCUT2D eigenvalue weighted by Gasteiger charge is -2.37. The number of anilines is 1. The zero-order chi connectivity index (χ0) is 24.1. The molecule has 34 heavy (non-hydrogen) atoms. The summed E-state index contributed by atoms with van der Waals surface area (Å²) in [6.07, 6.45) is 0.208. The minimum atomic E-state index is -3.96. The Bertz CT molecular complexity index is 1230. The second-order valence-electron chi connectivity index (χ2n) is 8.08. The normalized spacial score (nSPS) is 15.2. The van der Waals surface area contributed by atoms with E-state index in [2.05, 4.69) is 4.72 Å². The van der Waals surface area contributed by atoms with Gasteiger partial charge in [0, 0.05) is 31.2 Å². The molecule has 1 heterocycles. The smallest absolute Gasteiger partial charge is 0.241 e. The highest BCUT2D eigenvalue weighted by Gasteiger charge is 2.31. The lowest BCUT2D eigenvalue weighted by Crippen LogP contribution is -2.55. The van der Waals surface area contributed by atoms with Crippen LogP contribution in [-0.4, -0.2) is 51.4 Å². The fraction of sp³-hybridized carbons (Fsp3) is 0.240. The maximum atomic E-state index is 14.2. The first-order valence-corrected chi connectivity index (χ1v) is 12.8. The first-order valence-electron chi connectivity index (χ1n) is 10.9. The summed E-state index contributed by atoms with van der Waals surface area (Å²) >= 11 is 5.89. The van der Waals surface area contributed by atoms with E-state index >= 15 is 0 Å². The standard InChI is InChI=1S/C25H25ClFN3O3S/c26-20-10-12-21(13-11-20)34(32,33)28-23(18-19-6-2-1-3-7-19)25(31)30-16-14-29(15-17-30)24-9-5-4-8-22(24)27/h1-13,23,28H,14-18H2/t23-/m0/s1. The van der Waals surface area contributed by atoms with Crippen molar-refractivity contribution in [2.24, 2.45) is 0 Å². The summed E-state index contributed by atoms with van der Waals surface area (Å²) in [6, 6.07) is 20.6. The molecule has 9 heteroatoms. The molecular weight excluding hydrogens is 477 g/mol. The predicted octanol–water partition coefficient (Wildman–Crippen LogP) is 3.72. The van der Waals surface area contributed by atoms with Gasteiger partial charge in [-0.15, -0.1) is 0 Å². The van der Waals surface area contributed by atoms with E-state index < -0.39 is 16.1 Å². The minimum absolute atomic E-state index is 0.0344. The Hall–Kier alpha value is -2.94. The van der Waals surface area contributed by atoms with Crippen molar-refractivity contribution in [3.05, 3.63) is 95.3 Å². The number of hydrogen-bond donors (Lipinski definition) is 1. The van der Waals surface area contributed by atoms with Gasteiger partial charge in [-0.25, -0.2) is 12.8 Å². The number of carbonyl (C=O) groups excluding carboxylic acids is 1. The van der Waals surface area contributed by atoms with Crippen LogP contribution in [0.2, 0.25) is 5.02 Å². The molecule has 0 radical (unpaired) electrons. The van der Waals surface area contributed by atoms with Gasteiger partial charge in [0.1, 0.15) is 11.9 Å². The number of hydrogen-bond acceptors (Lipinski definition) is 4. The molecule has 1 N–H and O–H groups in total. The number of carbonyl (C=O) groups is 1. The molecule has 1 aliphatic heterocycles. The van der Waals surface area contributed by atoms with Crippen molar-refractivity contribution in [2.45, 2.75) is 17.4 Å². The van der Waals surface area contributed by atoms with Crippen LogP contribution in [-0.2, 0) is 21.2 Å². The lowest BCUT2D eigenvalue weighted by molar-refractivity contribution is -0.133. The van der Waals surface area contributed by atoms with E-state index in [0.717, 1.165) is 5.56 Å². The minimum Gasteiger partial charge on any atom is -0.366 e. The molecule has 1 saturated heterocycles. The van der Waals surface area contributed by atoms with Crippen LogP contribution in [0.5, 0.6) is 0 Å². The van der Waals surface area contributed by atoms with E-state index in [4.69, 9.17) is 11.6 Å². The summed E-state index contributed by atoms with van der Waals surface area (Å²) in [7, 11) is -3.96. The molecule has 0 aromatic heterocycles. The van der Waals surface area contributed by atoms with Crippen molar-refractivity contribution < 1.29 is 17.6 Å². The molecule has 1 fully saturated rings. The Morgan fingerprint density at radius 3 is 2.18 bits per heavy atom. The van der Waals surface area contributed by atoms with Crippen LogP contribution in [0.15, 0.2) is 83.8 Å². The van der Waals surface area contributed by atoms with Crippen molar-refractivity contribution >= 4 is 33.2 Å². The molecule has 4 rings (SSSR count). The number of nitrogens with one attached hydrogen (secondary N) is 1. The van der Waals surface area contributed by atoms with E-state index in [1.807, 2.05) is 35.2 Å². The monoisotopic (exact) mass is 501 g/mol. The lowest BCUT2D eigenvalue weighted by atomic mass is 10.1. The van der Waals surface area contributed by atoms with Crippen LogP contribution in [0.25, 0.3) is 0 Å². The van der Waals surface area contributed by atoms with Crippen LogP contribution < -0.4 is 9.62 Å². The van der Waals surface area contributed by atoms with Gasteiger partial charge < -0.3 is 9.80 Å². The Labute approximate surface area is 204 Å². The average Bonchev–Trinajstić information content (AvgIpc) is 2.84. The number of amides is 1. The largest absolute Gasteiger partial charge is 0.366 e. The topological polar surface area (TPSA) is 69.7 Å². The summed E-state index contributed by atoms with van der Waals surface area (Å²) in [6.45, 7) is 1.63. The van der Waals surface area contributed by atoms with Crippen LogP contribution >= 0.6 is 11.6 Å². The van der Waals surface area contributed by atoms with Gasteiger partial charge in [-0.1, -0.05) is 54.1 Å². The van der Waals surface area contributed by atoms with Gasteiger partial charge in [-0.2, -0.15) is 4.72 Å². The van der Waals surface area contributed by atoms with Crippen LogP contribution in [0, 0.1) is 5.82 Å². The third-order valence-corrected chi connectivity index (χ3v) is 7.53. The third-order valence-electron chi connectivity index (χ3n) is 5.79. The Kier molecular flexibility index (Phi) is 7.50. The summed E-state index contributed by atoms with van der Waals surface area (Å²) in [4.78, 5) is 17.0. The summed E-state index contributed by atoms with van der Waals surface area (Å²) < 4.78 is 42.8. The number of rotatable bonds is 7. The summed E-state index contributed by atoms with van der Waals surface area (Å²) in [5.41, 5.74) is 1.34. The molecule has 0 aliphatic carbocycles. The van der Waals surface area contributed by atoms with Crippen LogP contribution in [0.1, 0.15) is 5.56 Å².